The van der Waals surface area contributed by atoms with E-state index in [0.717, 1.165) is 5.56 Å². The Morgan fingerprint density at radius 2 is 2.12 bits per heavy atom. The molecule has 7 heteroatoms. The molecule has 0 fully saturated rings. The van der Waals surface area contributed by atoms with E-state index in [0.29, 0.717) is 24.2 Å². The van der Waals surface area contributed by atoms with E-state index in [1.807, 2.05) is 32.9 Å². The molecule has 0 unspecified atom stereocenters. The van der Waals surface area contributed by atoms with Crippen LogP contribution in [0.15, 0.2) is 30.6 Å². The molecule has 1 aromatic carbocycles. The summed E-state index contributed by atoms with van der Waals surface area (Å²) in [5, 5.41) is 18.3. The number of carbonyl (C=O) groups is 1. The highest BCUT2D eigenvalue weighted by Crippen LogP contribution is 2.18. The molecule has 0 spiro atoms. The Kier molecular flexibility index (Phi) is 5.53. The Morgan fingerprint density at radius 1 is 1.42 bits per heavy atom. The number of aromatic nitrogens is 3. The number of H-pyrrole nitrogens is 1. The van der Waals surface area contributed by atoms with Gasteiger partial charge in [0.1, 0.15) is 17.8 Å². The van der Waals surface area contributed by atoms with E-state index in [1.54, 1.807) is 12.1 Å². The van der Waals surface area contributed by atoms with Crippen molar-refractivity contribution in [3.8, 4) is 6.07 Å². The number of alkyl carbamates (subject to hydrolysis) is 1. The minimum atomic E-state index is -0.537. The van der Waals surface area contributed by atoms with Crippen LogP contribution >= 0.6 is 0 Å². The summed E-state index contributed by atoms with van der Waals surface area (Å²) < 4.78 is 5.43. The molecular formula is C17H21N5O2. The van der Waals surface area contributed by atoms with Gasteiger partial charge in [-0.25, -0.2) is 9.78 Å². The summed E-state index contributed by atoms with van der Waals surface area (Å²) in [6, 6.07) is 8.87. The molecule has 1 atom stereocenters. The van der Waals surface area contributed by atoms with E-state index in [4.69, 9.17) is 10.00 Å². The molecule has 2 rings (SSSR count). The third-order valence-corrected chi connectivity index (χ3v) is 3.80. The largest absolute Gasteiger partial charge is 0.444 e. The van der Waals surface area contributed by atoms with Crippen molar-refractivity contribution in [2.75, 3.05) is 0 Å². The molecule has 0 aliphatic rings. The molecule has 126 valence electrons. The van der Waals surface area contributed by atoms with Crippen LogP contribution in [0.3, 0.4) is 0 Å². The molecule has 1 aromatic heterocycles. The average molecular weight is 327 g/mol. The summed E-state index contributed by atoms with van der Waals surface area (Å²) in [5.74, 6) is 0.547. The zero-order valence-electron chi connectivity index (χ0n) is 14.0. The average Bonchev–Trinajstić information content (AvgIpc) is 3.09. The number of hydrogen-bond donors (Lipinski definition) is 2. The number of nitriles is 1. The predicted octanol–water partition coefficient (Wildman–Crippen LogP) is 2.87. The Balaban J connectivity index is 2.11. The minimum absolute atomic E-state index is 0.402. The van der Waals surface area contributed by atoms with Gasteiger partial charge in [0.25, 0.3) is 0 Å². The van der Waals surface area contributed by atoms with Crippen molar-refractivity contribution in [2.45, 2.75) is 45.3 Å². The fourth-order valence-corrected chi connectivity index (χ4v) is 2.04. The number of rotatable bonds is 6. The van der Waals surface area contributed by atoms with Gasteiger partial charge < -0.3 is 10.1 Å². The van der Waals surface area contributed by atoms with Crippen LogP contribution in [0.1, 0.15) is 50.2 Å². The van der Waals surface area contributed by atoms with Crippen LogP contribution < -0.4 is 5.32 Å². The summed E-state index contributed by atoms with van der Waals surface area (Å²) in [5.41, 5.74) is 1.02. The first kappa shape index (κ1) is 17.5. The van der Waals surface area contributed by atoms with E-state index in [1.165, 1.54) is 6.33 Å². The fourth-order valence-electron chi connectivity index (χ4n) is 2.04. The topological polar surface area (TPSA) is 104 Å². The molecule has 0 aliphatic carbocycles. The molecule has 2 aromatic rings. The van der Waals surface area contributed by atoms with Crippen LogP contribution in [-0.2, 0) is 11.2 Å². The molecule has 0 aliphatic heterocycles. The van der Waals surface area contributed by atoms with Crippen LogP contribution in [0.2, 0.25) is 0 Å². The second kappa shape index (κ2) is 7.59. The summed E-state index contributed by atoms with van der Waals surface area (Å²) in [7, 11) is 0. The first-order valence-electron chi connectivity index (χ1n) is 7.77. The summed E-state index contributed by atoms with van der Waals surface area (Å²) >= 11 is 0. The zero-order chi connectivity index (χ0) is 17.6. The summed E-state index contributed by atoms with van der Waals surface area (Å²) in [6.07, 6.45) is 2.10. The Labute approximate surface area is 141 Å². The van der Waals surface area contributed by atoms with Crippen LogP contribution in [0.25, 0.3) is 0 Å². The van der Waals surface area contributed by atoms with Crippen molar-refractivity contribution in [3.63, 3.8) is 0 Å². The third-order valence-electron chi connectivity index (χ3n) is 3.80. The summed E-state index contributed by atoms with van der Waals surface area (Å²) in [6.45, 7) is 5.67. The lowest BCUT2D eigenvalue weighted by Crippen LogP contribution is -2.37. The van der Waals surface area contributed by atoms with Gasteiger partial charge in [0.15, 0.2) is 0 Å². The number of nitrogens with zero attached hydrogens (tertiary/aromatic N) is 3. The number of carbonyl (C=O) groups excluding carboxylic acids is 1. The molecular weight excluding hydrogens is 306 g/mol. The van der Waals surface area contributed by atoms with Gasteiger partial charge in [-0.2, -0.15) is 10.4 Å². The van der Waals surface area contributed by atoms with Crippen molar-refractivity contribution < 1.29 is 9.53 Å². The molecule has 2 N–H and O–H groups in total. The predicted molar refractivity (Wildman–Crippen MR) is 88.0 cm³/mol. The van der Waals surface area contributed by atoms with Gasteiger partial charge in [0.2, 0.25) is 0 Å². The lowest BCUT2D eigenvalue weighted by molar-refractivity contribution is 0.0340. The minimum Gasteiger partial charge on any atom is -0.444 e. The van der Waals surface area contributed by atoms with E-state index >= 15 is 0 Å². The number of amides is 1. The van der Waals surface area contributed by atoms with Crippen LogP contribution in [0.5, 0.6) is 0 Å². The normalized spacial score (nSPS) is 12.2. The second-order valence-corrected chi connectivity index (χ2v) is 6.08. The molecule has 1 heterocycles. The van der Waals surface area contributed by atoms with Gasteiger partial charge in [0.05, 0.1) is 17.7 Å². The lowest BCUT2D eigenvalue weighted by atomic mass is 10.0. The smallest absolute Gasteiger partial charge is 0.408 e. The molecule has 1 amide bonds. The van der Waals surface area contributed by atoms with Crippen LogP contribution in [-0.4, -0.2) is 26.9 Å². The van der Waals surface area contributed by atoms with Crippen molar-refractivity contribution in [1.82, 2.24) is 20.5 Å². The first-order valence-corrected chi connectivity index (χ1v) is 7.77. The Morgan fingerprint density at radius 3 is 2.67 bits per heavy atom. The quantitative estimate of drug-likeness (QED) is 0.849. The van der Waals surface area contributed by atoms with Crippen molar-refractivity contribution in [3.05, 3.63) is 47.5 Å². The maximum absolute atomic E-state index is 12.2. The number of benzene rings is 1. The van der Waals surface area contributed by atoms with Crippen molar-refractivity contribution in [1.29, 1.82) is 5.26 Å². The van der Waals surface area contributed by atoms with E-state index in [9.17, 15) is 4.79 Å². The van der Waals surface area contributed by atoms with Crippen molar-refractivity contribution in [2.24, 2.45) is 0 Å². The SMILES string of the molecule is CCC(C)(C)OC(=O)N[C@H](Cc1ccc(C#N)cc1)c1ncn[nH]1. The van der Waals surface area contributed by atoms with Crippen molar-refractivity contribution >= 4 is 6.09 Å². The molecule has 0 saturated heterocycles. The van der Waals surface area contributed by atoms with Crippen LogP contribution in [0, 0.1) is 11.3 Å². The van der Waals surface area contributed by atoms with E-state index in [-0.39, 0.29) is 0 Å². The number of aromatic amines is 1. The van der Waals surface area contributed by atoms with Gasteiger partial charge in [-0.3, -0.25) is 5.10 Å². The number of nitrogens with one attached hydrogen (secondary N) is 2. The lowest BCUT2D eigenvalue weighted by Gasteiger charge is -2.25. The van der Waals surface area contributed by atoms with E-state index in [2.05, 4.69) is 26.6 Å². The van der Waals surface area contributed by atoms with Gasteiger partial charge in [-0.1, -0.05) is 19.1 Å². The molecule has 24 heavy (non-hydrogen) atoms. The Hall–Kier alpha value is -2.88. The molecule has 7 nitrogen and oxygen atoms in total. The first-order chi connectivity index (χ1) is 11.4. The fraction of sp³-hybridized carbons (Fsp3) is 0.412. The van der Waals surface area contributed by atoms with Crippen LogP contribution in [0.4, 0.5) is 4.79 Å². The highest BCUT2D eigenvalue weighted by molar-refractivity contribution is 5.68. The standard InChI is InChI=1S/C17H21N5O2/c1-4-17(2,3)24-16(23)21-14(15-19-11-20-22-15)9-12-5-7-13(10-18)8-6-12/h5-8,11,14H,4,9H2,1-3H3,(H,21,23)(H,19,20,22)/t14-/m1/s1. The maximum atomic E-state index is 12.2. The number of hydrogen-bond acceptors (Lipinski definition) is 5. The van der Waals surface area contributed by atoms with E-state index < -0.39 is 17.7 Å². The van der Waals surface area contributed by atoms with Gasteiger partial charge in [0, 0.05) is 6.42 Å². The monoisotopic (exact) mass is 327 g/mol. The third kappa shape index (κ3) is 4.81. The van der Waals surface area contributed by atoms with Gasteiger partial charge >= 0.3 is 6.09 Å². The summed E-state index contributed by atoms with van der Waals surface area (Å²) in [4.78, 5) is 16.3. The molecule has 0 saturated carbocycles. The highest BCUT2D eigenvalue weighted by atomic mass is 16.6. The number of ether oxygens (including phenoxy) is 1. The zero-order valence-corrected chi connectivity index (χ0v) is 14.0. The van der Waals surface area contributed by atoms with Gasteiger partial charge in [-0.15, -0.1) is 0 Å². The highest BCUT2D eigenvalue weighted by Gasteiger charge is 2.24. The Bertz CT molecular complexity index is 702. The second-order valence-electron chi connectivity index (χ2n) is 6.08. The molecule has 0 radical (unpaired) electrons. The van der Waals surface area contributed by atoms with Gasteiger partial charge in [-0.05, 0) is 38.0 Å². The molecule has 0 bridgehead atoms. The maximum Gasteiger partial charge on any atom is 0.408 e.